The van der Waals surface area contributed by atoms with Gasteiger partial charge in [-0.1, -0.05) is 18.2 Å². The minimum absolute atomic E-state index is 0.215. The Labute approximate surface area is 75.1 Å². The summed E-state index contributed by atoms with van der Waals surface area (Å²) in [5, 5.41) is 2.67. The molecule has 1 aromatic rings. The van der Waals surface area contributed by atoms with Crippen molar-refractivity contribution in [3.8, 4) is 0 Å². The molecule has 0 aliphatic carbocycles. The number of benzene rings is 1. The number of hydrogen-bond acceptors (Lipinski definition) is 2. The van der Waals surface area contributed by atoms with Gasteiger partial charge in [-0.3, -0.25) is 9.59 Å². The lowest BCUT2D eigenvalue weighted by Crippen LogP contribution is -2.03. The number of nitrogens with one attached hydrogen (secondary N) is 1. The number of para-hydroxylation sites is 1. The third-order valence-corrected chi connectivity index (χ3v) is 1.94. The summed E-state index contributed by atoms with van der Waals surface area (Å²) in [6, 6.07) is 7.28. The molecule has 0 aromatic heterocycles. The number of rotatable bonds is 1. The highest BCUT2D eigenvalue weighted by molar-refractivity contribution is 6.33. The third-order valence-electron chi connectivity index (χ3n) is 1.94. The van der Waals surface area contributed by atoms with Crippen molar-refractivity contribution in [2.45, 2.75) is 0 Å². The van der Waals surface area contributed by atoms with Crippen molar-refractivity contribution in [2.75, 3.05) is 5.32 Å². The van der Waals surface area contributed by atoms with Crippen LogP contribution in [0.5, 0.6) is 0 Å². The molecule has 64 valence electrons. The Bertz CT molecular complexity index is 407. The number of allylic oxidation sites excluding steroid dienone is 1. The Balaban J connectivity index is 2.59. The zero-order chi connectivity index (χ0) is 9.26. The number of carbonyl (C=O) groups excluding carboxylic acids is 2. The molecule has 1 N–H and O–H groups in total. The van der Waals surface area contributed by atoms with Gasteiger partial charge in [-0.25, -0.2) is 0 Å². The molecule has 3 heteroatoms. The fraction of sp³-hybridized carbons (Fsp3) is 0. The van der Waals surface area contributed by atoms with E-state index in [0.717, 1.165) is 11.3 Å². The standard InChI is InChI=1S/C10H7NO2/c12-6-5-8-7-3-1-2-4-9(7)11-10(8)13/h1-6H,(H,11,13)/b8-5-. The maximum atomic E-state index is 11.3. The summed E-state index contributed by atoms with van der Waals surface area (Å²) in [7, 11) is 0. The fourth-order valence-corrected chi connectivity index (χ4v) is 1.37. The SMILES string of the molecule is O=C/C=C1\C(=O)Nc2ccccc21. The van der Waals surface area contributed by atoms with Gasteiger partial charge in [-0.15, -0.1) is 0 Å². The van der Waals surface area contributed by atoms with Gasteiger partial charge >= 0.3 is 0 Å². The number of anilines is 1. The normalized spacial score (nSPS) is 16.9. The van der Waals surface area contributed by atoms with Crippen LogP contribution in [-0.4, -0.2) is 12.2 Å². The maximum absolute atomic E-state index is 11.3. The molecule has 0 radical (unpaired) electrons. The summed E-state index contributed by atoms with van der Waals surface area (Å²) < 4.78 is 0. The second-order valence-electron chi connectivity index (χ2n) is 2.72. The van der Waals surface area contributed by atoms with E-state index < -0.39 is 0 Å². The molecule has 0 saturated heterocycles. The number of carbonyl (C=O) groups is 2. The van der Waals surface area contributed by atoms with Gasteiger partial charge in [-0.05, 0) is 12.1 Å². The molecule has 1 aliphatic rings. The van der Waals surface area contributed by atoms with Gasteiger partial charge in [0.25, 0.3) is 5.91 Å². The van der Waals surface area contributed by atoms with Gasteiger partial charge in [0.1, 0.15) is 6.29 Å². The molecule has 1 amide bonds. The van der Waals surface area contributed by atoms with E-state index in [1.807, 2.05) is 18.2 Å². The van der Waals surface area contributed by atoms with Crippen molar-refractivity contribution in [3.05, 3.63) is 35.9 Å². The highest BCUT2D eigenvalue weighted by atomic mass is 16.2. The Morgan fingerprint density at radius 1 is 1.23 bits per heavy atom. The second-order valence-corrected chi connectivity index (χ2v) is 2.72. The number of fused-ring (bicyclic) bond motifs is 1. The van der Waals surface area contributed by atoms with Crippen LogP contribution in [0.15, 0.2) is 30.3 Å². The van der Waals surface area contributed by atoms with E-state index in [1.165, 1.54) is 6.08 Å². The molecule has 3 nitrogen and oxygen atoms in total. The molecular weight excluding hydrogens is 166 g/mol. The average molecular weight is 173 g/mol. The van der Waals surface area contributed by atoms with E-state index in [-0.39, 0.29) is 5.91 Å². The van der Waals surface area contributed by atoms with Crippen LogP contribution >= 0.6 is 0 Å². The van der Waals surface area contributed by atoms with Gasteiger partial charge in [0.15, 0.2) is 0 Å². The van der Waals surface area contributed by atoms with E-state index in [4.69, 9.17) is 0 Å². The van der Waals surface area contributed by atoms with Crippen LogP contribution < -0.4 is 5.32 Å². The summed E-state index contributed by atoms with van der Waals surface area (Å²) in [5.74, 6) is -0.215. The van der Waals surface area contributed by atoms with Gasteiger partial charge in [0.2, 0.25) is 0 Å². The Hall–Kier alpha value is -1.90. The minimum atomic E-state index is -0.215. The molecule has 1 aromatic carbocycles. The Kier molecular flexibility index (Phi) is 1.70. The third kappa shape index (κ3) is 1.14. The van der Waals surface area contributed by atoms with Crippen LogP contribution in [0.4, 0.5) is 5.69 Å². The summed E-state index contributed by atoms with van der Waals surface area (Å²) in [6.07, 6.45) is 1.90. The van der Waals surface area contributed by atoms with E-state index >= 15 is 0 Å². The van der Waals surface area contributed by atoms with Crippen LogP contribution in [0.3, 0.4) is 0 Å². The van der Waals surface area contributed by atoms with Gasteiger partial charge in [0, 0.05) is 11.3 Å². The topological polar surface area (TPSA) is 46.2 Å². The van der Waals surface area contributed by atoms with Gasteiger partial charge in [0.05, 0.1) is 5.57 Å². The minimum Gasteiger partial charge on any atom is -0.321 e. The van der Waals surface area contributed by atoms with Gasteiger partial charge in [-0.2, -0.15) is 0 Å². The molecule has 2 rings (SSSR count). The summed E-state index contributed by atoms with van der Waals surface area (Å²) in [6.45, 7) is 0. The van der Waals surface area contributed by atoms with Crippen LogP contribution in [0.2, 0.25) is 0 Å². The van der Waals surface area contributed by atoms with Crippen molar-refractivity contribution in [3.63, 3.8) is 0 Å². The van der Waals surface area contributed by atoms with Crippen molar-refractivity contribution in [1.82, 2.24) is 0 Å². The monoisotopic (exact) mass is 173 g/mol. The van der Waals surface area contributed by atoms with Crippen molar-refractivity contribution in [1.29, 1.82) is 0 Å². The van der Waals surface area contributed by atoms with Crippen molar-refractivity contribution < 1.29 is 9.59 Å². The molecule has 13 heavy (non-hydrogen) atoms. The number of amides is 1. The Morgan fingerprint density at radius 2 is 2.00 bits per heavy atom. The molecule has 1 heterocycles. The molecule has 0 atom stereocenters. The van der Waals surface area contributed by atoms with E-state index in [1.54, 1.807) is 6.07 Å². The highest BCUT2D eigenvalue weighted by Gasteiger charge is 2.22. The van der Waals surface area contributed by atoms with E-state index in [9.17, 15) is 9.59 Å². The van der Waals surface area contributed by atoms with E-state index in [0.29, 0.717) is 11.9 Å². The zero-order valence-corrected chi connectivity index (χ0v) is 6.78. The lowest BCUT2D eigenvalue weighted by molar-refractivity contribution is -0.111. The molecule has 0 fully saturated rings. The first kappa shape index (κ1) is 7.73. The van der Waals surface area contributed by atoms with Gasteiger partial charge < -0.3 is 5.32 Å². The van der Waals surface area contributed by atoms with Crippen molar-refractivity contribution in [2.24, 2.45) is 0 Å². The van der Waals surface area contributed by atoms with Crippen LogP contribution in [0.1, 0.15) is 5.56 Å². The molecule has 0 bridgehead atoms. The first-order valence-corrected chi connectivity index (χ1v) is 3.89. The summed E-state index contributed by atoms with van der Waals surface area (Å²) in [4.78, 5) is 21.5. The second kappa shape index (κ2) is 2.86. The molecule has 0 spiro atoms. The maximum Gasteiger partial charge on any atom is 0.256 e. The highest BCUT2D eigenvalue weighted by Crippen LogP contribution is 2.30. The number of hydrogen-bond donors (Lipinski definition) is 1. The quantitative estimate of drug-likeness (QED) is 0.512. The predicted octanol–water partition coefficient (Wildman–Crippen LogP) is 1.22. The first-order chi connectivity index (χ1) is 6.33. The predicted molar refractivity (Wildman–Crippen MR) is 49.1 cm³/mol. The average Bonchev–Trinajstić information content (AvgIpc) is 2.44. The smallest absolute Gasteiger partial charge is 0.256 e. The molecule has 1 aliphatic heterocycles. The lowest BCUT2D eigenvalue weighted by Gasteiger charge is -1.93. The van der Waals surface area contributed by atoms with Crippen LogP contribution in [0, 0.1) is 0 Å². The zero-order valence-electron chi connectivity index (χ0n) is 6.78. The summed E-state index contributed by atoms with van der Waals surface area (Å²) >= 11 is 0. The first-order valence-electron chi connectivity index (χ1n) is 3.89. The lowest BCUT2D eigenvalue weighted by atomic mass is 10.1. The summed E-state index contributed by atoms with van der Waals surface area (Å²) in [5.41, 5.74) is 1.99. The Morgan fingerprint density at radius 3 is 2.77 bits per heavy atom. The molecule has 0 unspecified atom stereocenters. The van der Waals surface area contributed by atoms with Crippen molar-refractivity contribution >= 4 is 23.5 Å². The fourth-order valence-electron chi connectivity index (χ4n) is 1.37. The number of aldehydes is 1. The van der Waals surface area contributed by atoms with Crippen LogP contribution in [0.25, 0.3) is 5.57 Å². The molecular formula is C10H7NO2. The van der Waals surface area contributed by atoms with Crippen LogP contribution in [-0.2, 0) is 9.59 Å². The largest absolute Gasteiger partial charge is 0.321 e. The molecule has 0 saturated carbocycles. The van der Waals surface area contributed by atoms with E-state index in [2.05, 4.69) is 5.32 Å².